The van der Waals surface area contributed by atoms with Crippen molar-refractivity contribution in [2.75, 3.05) is 5.73 Å². The highest BCUT2D eigenvalue weighted by Crippen LogP contribution is 2.27. The second-order valence-corrected chi connectivity index (χ2v) is 5.87. The fourth-order valence-corrected chi connectivity index (χ4v) is 3.42. The van der Waals surface area contributed by atoms with Crippen molar-refractivity contribution in [1.29, 1.82) is 5.26 Å². The molecule has 3 nitrogen and oxygen atoms in total. The van der Waals surface area contributed by atoms with Crippen molar-refractivity contribution < 1.29 is 8.60 Å². The van der Waals surface area contributed by atoms with E-state index in [-0.39, 0.29) is 11.3 Å². The summed E-state index contributed by atoms with van der Waals surface area (Å²) in [7, 11) is -1.46. The zero-order valence-corrected chi connectivity index (χ0v) is 11.8. The van der Waals surface area contributed by atoms with Gasteiger partial charge in [0.1, 0.15) is 11.9 Å². The summed E-state index contributed by atoms with van der Waals surface area (Å²) in [5, 5.41) is 9.10. The first-order valence-electron chi connectivity index (χ1n) is 5.64. The van der Waals surface area contributed by atoms with Crippen LogP contribution >= 0.6 is 11.6 Å². The van der Waals surface area contributed by atoms with E-state index in [2.05, 4.69) is 0 Å². The average molecular weight is 309 g/mol. The number of nitrogen functional groups attached to an aromatic ring is 1. The van der Waals surface area contributed by atoms with E-state index in [1.165, 1.54) is 18.2 Å². The first kappa shape index (κ1) is 14.5. The summed E-state index contributed by atoms with van der Waals surface area (Å²) < 4.78 is 25.5. The molecule has 1 unspecified atom stereocenters. The molecule has 0 aliphatic rings. The molecule has 0 spiro atoms. The van der Waals surface area contributed by atoms with Gasteiger partial charge in [-0.05, 0) is 29.8 Å². The first-order valence-corrected chi connectivity index (χ1v) is 7.33. The van der Waals surface area contributed by atoms with Crippen LogP contribution in [0.3, 0.4) is 0 Å². The Morgan fingerprint density at radius 3 is 2.75 bits per heavy atom. The molecule has 0 radical (unpaired) electrons. The largest absolute Gasteiger partial charge is 0.398 e. The van der Waals surface area contributed by atoms with Crippen LogP contribution in [0.1, 0.15) is 11.1 Å². The fourth-order valence-electron chi connectivity index (χ4n) is 1.74. The predicted molar refractivity (Wildman–Crippen MR) is 77.1 cm³/mol. The molecule has 0 bridgehead atoms. The van der Waals surface area contributed by atoms with Crippen LogP contribution in [0.2, 0.25) is 5.02 Å². The molecule has 102 valence electrons. The molecule has 6 heteroatoms. The third-order valence-electron chi connectivity index (χ3n) is 2.67. The van der Waals surface area contributed by atoms with Gasteiger partial charge >= 0.3 is 0 Å². The summed E-state index contributed by atoms with van der Waals surface area (Å²) in [6.07, 6.45) is 0. The molecule has 0 saturated heterocycles. The SMILES string of the molecule is N#Cc1cc(CS(=O)c2c(N)cccc2Cl)ccc1F. The molecule has 20 heavy (non-hydrogen) atoms. The summed E-state index contributed by atoms with van der Waals surface area (Å²) in [5.41, 5.74) is 6.62. The number of hydrogen-bond donors (Lipinski definition) is 1. The van der Waals surface area contributed by atoms with Crippen LogP contribution < -0.4 is 5.73 Å². The van der Waals surface area contributed by atoms with Gasteiger partial charge in [-0.1, -0.05) is 23.7 Å². The minimum Gasteiger partial charge on any atom is -0.398 e. The first-order chi connectivity index (χ1) is 9.52. The smallest absolute Gasteiger partial charge is 0.140 e. The lowest BCUT2D eigenvalue weighted by molar-refractivity contribution is 0.623. The molecule has 0 heterocycles. The van der Waals surface area contributed by atoms with Crippen molar-refractivity contribution in [3.8, 4) is 6.07 Å². The normalized spacial score (nSPS) is 11.8. The Hall–Kier alpha value is -1.90. The lowest BCUT2D eigenvalue weighted by Crippen LogP contribution is -2.02. The average Bonchev–Trinajstić information content (AvgIpc) is 2.40. The van der Waals surface area contributed by atoms with Gasteiger partial charge in [-0.3, -0.25) is 4.21 Å². The van der Waals surface area contributed by atoms with Crippen LogP contribution in [-0.2, 0) is 16.6 Å². The Morgan fingerprint density at radius 1 is 1.35 bits per heavy atom. The highest BCUT2D eigenvalue weighted by Gasteiger charge is 2.14. The van der Waals surface area contributed by atoms with Gasteiger partial charge in [-0.15, -0.1) is 0 Å². The maximum absolute atomic E-state index is 13.2. The van der Waals surface area contributed by atoms with Gasteiger partial charge < -0.3 is 5.73 Å². The molecular weight excluding hydrogens is 299 g/mol. The number of hydrogen-bond acceptors (Lipinski definition) is 3. The van der Waals surface area contributed by atoms with E-state index >= 15 is 0 Å². The van der Waals surface area contributed by atoms with Crippen LogP contribution in [0.4, 0.5) is 10.1 Å². The molecular formula is C14H10ClFN2OS. The quantitative estimate of drug-likeness (QED) is 0.885. The molecule has 0 saturated carbocycles. The number of nitrogens with two attached hydrogens (primary N) is 1. The van der Waals surface area contributed by atoms with Gasteiger partial charge in [0.05, 0.1) is 32.0 Å². The molecule has 0 aromatic heterocycles. The highest BCUT2D eigenvalue weighted by molar-refractivity contribution is 7.84. The number of nitriles is 1. The molecule has 0 amide bonds. The van der Waals surface area contributed by atoms with Crippen molar-refractivity contribution in [2.24, 2.45) is 0 Å². The van der Waals surface area contributed by atoms with Gasteiger partial charge in [0.25, 0.3) is 0 Å². The van der Waals surface area contributed by atoms with Crippen molar-refractivity contribution in [3.63, 3.8) is 0 Å². The Bertz CT molecular complexity index is 707. The number of benzene rings is 2. The standard InChI is InChI=1S/C14H10ClFN2OS/c15-11-2-1-3-13(18)14(11)20(19)8-9-4-5-12(16)10(6-9)7-17/h1-6H,8,18H2. The van der Waals surface area contributed by atoms with E-state index in [1.54, 1.807) is 24.3 Å². The maximum atomic E-state index is 13.2. The van der Waals surface area contributed by atoms with E-state index in [9.17, 15) is 8.60 Å². The summed E-state index contributed by atoms with van der Waals surface area (Å²) in [5.74, 6) is -0.484. The summed E-state index contributed by atoms with van der Waals surface area (Å²) >= 11 is 5.99. The maximum Gasteiger partial charge on any atom is 0.140 e. The van der Waals surface area contributed by atoms with Crippen LogP contribution in [0.15, 0.2) is 41.3 Å². The predicted octanol–water partition coefficient (Wildman–Crippen LogP) is 3.24. The molecule has 2 rings (SSSR count). The van der Waals surface area contributed by atoms with Crippen molar-refractivity contribution in [3.05, 3.63) is 58.4 Å². The highest BCUT2D eigenvalue weighted by atomic mass is 35.5. The minimum absolute atomic E-state index is 0.0772. The molecule has 2 aromatic carbocycles. The topological polar surface area (TPSA) is 66.9 Å². The van der Waals surface area contributed by atoms with E-state index in [1.807, 2.05) is 0 Å². The third-order valence-corrected chi connectivity index (χ3v) is 4.61. The lowest BCUT2D eigenvalue weighted by atomic mass is 10.1. The van der Waals surface area contributed by atoms with Crippen LogP contribution in [0, 0.1) is 17.1 Å². The lowest BCUT2D eigenvalue weighted by Gasteiger charge is -2.08. The zero-order chi connectivity index (χ0) is 14.7. The monoisotopic (exact) mass is 308 g/mol. The molecule has 2 N–H and O–H groups in total. The minimum atomic E-state index is -1.46. The summed E-state index contributed by atoms with van der Waals surface area (Å²) in [4.78, 5) is 0.358. The van der Waals surface area contributed by atoms with Gasteiger partial charge in [0, 0.05) is 5.69 Å². The van der Waals surface area contributed by atoms with Crippen molar-refractivity contribution in [1.82, 2.24) is 0 Å². The Labute approximate surface area is 123 Å². The Kier molecular flexibility index (Phi) is 4.38. The van der Waals surface area contributed by atoms with Gasteiger partial charge in [0.2, 0.25) is 0 Å². The summed E-state index contributed by atoms with van der Waals surface area (Å²) in [6, 6.07) is 10.7. The van der Waals surface area contributed by atoms with Crippen molar-refractivity contribution >= 4 is 28.1 Å². The molecule has 0 aliphatic heterocycles. The van der Waals surface area contributed by atoms with Gasteiger partial charge in [0.15, 0.2) is 0 Å². The Morgan fingerprint density at radius 2 is 2.10 bits per heavy atom. The molecule has 0 aliphatic carbocycles. The molecule has 2 aromatic rings. The fraction of sp³-hybridized carbons (Fsp3) is 0.0714. The number of anilines is 1. The van der Waals surface area contributed by atoms with Crippen LogP contribution in [0.5, 0.6) is 0 Å². The number of rotatable bonds is 3. The zero-order valence-electron chi connectivity index (χ0n) is 10.3. The molecule has 1 atom stereocenters. The van der Waals surface area contributed by atoms with E-state index < -0.39 is 16.6 Å². The summed E-state index contributed by atoms with van der Waals surface area (Å²) in [6.45, 7) is 0. The van der Waals surface area contributed by atoms with Crippen LogP contribution in [-0.4, -0.2) is 4.21 Å². The number of halogens is 2. The van der Waals surface area contributed by atoms with Crippen molar-refractivity contribution in [2.45, 2.75) is 10.6 Å². The number of nitrogens with zero attached hydrogens (tertiary/aromatic N) is 1. The molecule has 0 fully saturated rings. The van der Waals surface area contributed by atoms with E-state index in [0.717, 1.165) is 0 Å². The van der Waals surface area contributed by atoms with E-state index in [0.29, 0.717) is 21.2 Å². The third kappa shape index (κ3) is 2.98. The van der Waals surface area contributed by atoms with E-state index in [4.69, 9.17) is 22.6 Å². The Balaban J connectivity index is 2.31. The van der Waals surface area contributed by atoms with Crippen LogP contribution in [0.25, 0.3) is 0 Å². The van der Waals surface area contributed by atoms with Gasteiger partial charge in [-0.25, -0.2) is 4.39 Å². The van der Waals surface area contributed by atoms with Gasteiger partial charge in [-0.2, -0.15) is 5.26 Å². The second kappa shape index (κ2) is 6.04. The second-order valence-electron chi connectivity index (χ2n) is 4.07.